The van der Waals surface area contributed by atoms with Gasteiger partial charge >= 0.3 is 0 Å². The van der Waals surface area contributed by atoms with Crippen molar-refractivity contribution < 1.29 is 13.5 Å². The Morgan fingerprint density at radius 3 is 2.67 bits per heavy atom. The van der Waals surface area contributed by atoms with E-state index >= 15 is 0 Å². The molecule has 0 spiro atoms. The minimum Gasteiger partial charge on any atom is -0.384 e. The summed E-state index contributed by atoms with van der Waals surface area (Å²) in [4.78, 5) is 0.0529. The van der Waals surface area contributed by atoms with E-state index in [-0.39, 0.29) is 21.9 Å². The van der Waals surface area contributed by atoms with Crippen molar-refractivity contribution in [2.45, 2.75) is 25.2 Å². The lowest BCUT2D eigenvalue weighted by molar-refractivity contribution is 0.350. The number of aliphatic hydroxyl groups excluding tert-OH is 1. The Bertz CT molecular complexity index is 701. The van der Waals surface area contributed by atoms with Crippen molar-refractivity contribution in [3.05, 3.63) is 28.8 Å². The Labute approximate surface area is 130 Å². The first-order valence-electron chi connectivity index (χ1n) is 6.65. The molecule has 1 unspecified atom stereocenters. The van der Waals surface area contributed by atoms with Gasteiger partial charge in [0.15, 0.2) is 0 Å². The van der Waals surface area contributed by atoms with Crippen molar-refractivity contribution >= 4 is 21.6 Å². The van der Waals surface area contributed by atoms with Gasteiger partial charge in [0.25, 0.3) is 0 Å². The van der Waals surface area contributed by atoms with E-state index in [0.717, 1.165) is 6.42 Å². The van der Waals surface area contributed by atoms with Crippen molar-refractivity contribution in [3.8, 4) is 11.8 Å². The van der Waals surface area contributed by atoms with Gasteiger partial charge in [-0.2, -0.15) is 0 Å². The molecule has 0 amide bonds. The molecule has 0 heterocycles. The molecule has 1 aromatic carbocycles. The SMILES string of the molecule is CC1(C)CC1CNS(=O)(=O)c1ccc(C#CCO)cc1Cl. The maximum Gasteiger partial charge on any atom is 0.242 e. The number of hydrogen-bond donors (Lipinski definition) is 2. The number of benzene rings is 1. The van der Waals surface area contributed by atoms with Gasteiger partial charge in [0, 0.05) is 12.1 Å². The zero-order chi connectivity index (χ0) is 15.7. The molecular weight excluding hydrogens is 310 g/mol. The van der Waals surface area contributed by atoms with Crippen LogP contribution in [0.3, 0.4) is 0 Å². The lowest BCUT2D eigenvalue weighted by Crippen LogP contribution is -2.27. The zero-order valence-corrected chi connectivity index (χ0v) is 13.6. The predicted octanol–water partition coefficient (Wildman–Crippen LogP) is 2.01. The van der Waals surface area contributed by atoms with Crippen LogP contribution in [0.25, 0.3) is 0 Å². The van der Waals surface area contributed by atoms with Crippen LogP contribution in [0.5, 0.6) is 0 Å². The van der Waals surface area contributed by atoms with Crippen LogP contribution in [0.2, 0.25) is 5.02 Å². The van der Waals surface area contributed by atoms with Gasteiger partial charge in [-0.3, -0.25) is 0 Å². The maximum atomic E-state index is 12.3. The summed E-state index contributed by atoms with van der Waals surface area (Å²) in [6.07, 6.45) is 1.03. The van der Waals surface area contributed by atoms with Crippen LogP contribution in [-0.4, -0.2) is 26.7 Å². The second kappa shape index (κ2) is 5.98. The molecule has 0 saturated heterocycles. The summed E-state index contributed by atoms with van der Waals surface area (Å²) in [6.45, 7) is 4.41. The topological polar surface area (TPSA) is 66.4 Å². The van der Waals surface area contributed by atoms with E-state index in [0.29, 0.717) is 18.0 Å². The fourth-order valence-corrected chi connectivity index (χ4v) is 3.77. The van der Waals surface area contributed by atoms with E-state index in [2.05, 4.69) is 30.4 Å². The molecule has 1 aromatic rings. The molecule has 4 nitrogen and oxygen atoms in total. The van der Waals surface area contributed by atoms with Gasteiger partial charge in [0.2, 0.25) is 10.0 Å². The number of sulfonamides is 1. The van der Waals surface area contributed by atoms with Crippen molar-refractivity contribution in [1.82, 2.24) is 4.72 Å². The van der Waals surface area contributed by atoms with Gasteiger partial charge in [-0.1, -0.05) is 37.3 Å². The van der Waals surface area contributed by atoms with Crippen molar-refractivity contribution in [1.29, 1.82) is 0 Å². The molecule has 1 aliphatic rings. The molecule has 6 heteroatoms. The highest BCUT2D eigenvalue weighted by atomic mass is 35.5. The monoisotopic (exact) mass is 327 g/mol. The first-order chi connectivity index (χ1) is 9.76. The summed E-state index contributed by atoms with van der Waals surface area (Å²) in [5.74, 6) is 5.55. The summed E-state index contributed by atoms with van der Waals surface area (Å²) < 4.78 is 27.1. The van der Waals surface area contributed by atoms with E-state index in [1.807, 2.05) is 0 Å². The van der Waals surface area contributed by atoms with Crippen LogP contribution in [0.4, 0.5) is 0 Å². The highest BCUT2D eigenvalue weighted by molar-refractivity contribution is 7.89. The second-order valence-corrected chi connectivity index (χ2v) is 7.99. The van der Waals surface area contributed by atoms with Gasteiger partial charge in [-0.05, 0) is 36.0 Å². The van der Waals surface area contributed by atoms with Crippen LogP contribution in [0, 0.1) is 23.2 Å². The van der Waals surface area contributed by atoms with Gasteiger partial charge in [-0.25, -0.2) is 13.1 Å². The lowest BCUT2D eigenvalue weighted by atomic mass is 10.1. The Hall–Kier alpha value is -1.06. The smallest absolute Gasteiger partial charge is 0.242 e. The predicted molar refractivity (Wildman–Crippen MR) is 82.5 cm³/mol. The van der Waals surface area contributed by atoms with Crippen LogP contribution in [-0.2, 0) is 10.0 Å². The largest absolute Gasteiger partial charge is 0.384 e. The highest BCUT2D eigenvalue weighted by Crippen LogP contribution is 2.51. The van der Waals surface area contributed by atoms with E-state index in [4.69, 9.17) is 16.7 Å². The molecular formula is C15H18ClNO3S. The molecule has 0 aromatic heterocycles. The summed E-state index contributed by atoms with van der Waals surface area (Å²) in [6, 6.07) is 4.49. The molecule has 1 fully saturated rings. The zero-order valence-electron chi connectivity index (χ0n) is 12.0. The summed E-state index contributed by atoms with van der Waals surface area (Å²) in [7, 11) is -3.61. The Morgan fingerprint density at radius 2 is 2.14 bits per heavy atom. The van der Waals surface area contributed by atoms with Crippen molar-refractivity contribution in [3.63, 3.8) is 0 Å². The molecule has 0 bridgehead atoms. The summed E-state index contributed by atoms with van der Waals surface area (Å²) in [5.41, 5.74) is 0.784. The van der Waals surface area contributed by atoms with Crippen LogP contribution < -0.4 is 4.72 Å². The Kier molecular flexibility index (Phi) is 4.64. The van der Waals surface area contributed by atoms with E-state index < -0.39 is 10.0 Å². The van der Waals surface area contributed by atoms with Crippen molar-refractivity contribution in [2.75, 3.05) is 13.2 Å². The average Bonchev–Trinajstić information content (AvgIpc) is 3.01. The Morgan fingerprint density at radius 1 is 1.48 bits per heavy atom. The number of halogens is 1. The second-order valence-electron chi connectivity index (χ2n) is 5.85. The van der Waals surface area contributed by atoms with Crippen LogP contribution in [0.15, 0.2) is 23.1 Å². The first-order valence-corrected chi connectivity index (χ1v) is 8.51. The molecule has 2 rings (SSSR count). The molecule has 114 valence electrons. The molecule has 0 aliphatic heterocycles. The molecule has 1 saturated carbocycles. The van der Waals surface area contributed by atoms with Gasteiger partial charge in [0.05, 0.1) is 5.02 Å². The fourth-order valence-electron chi connectivity index (χ4n) is 2.15. The third-order valence-corrected chi connectivity index (χ3v) is 5.68. The maximum absolute atomic E-state index is 12.3. The highest BCUT2D eigenvalue weighted by Gasteiger charge is 2.45. The molecule has 1 aliphatic carbocycles. The lowest BCUT2D eigenvalue weighted by Gasteiger charge is -2.09. The quantitative estimate of drug-likeness (QED) is 0.831. The van der Waals surface area contributed by atoms with E-state index in [1.54, 1.807) is 6.07 Å². The van der Waals surface area contributed by atoms with Crippen LogP contribution in [0.1, 0.15) is 25.8 Å². The van der Waals surface area contributed by atoms with Crippen molar-refractivity contribution in [2.24, 2.45) is 11.3 Å². The Balaban J connectivity index is 2.12. The number of aliphatic hydroxyl groups is 1. The molecule has 2 N–H and O–H groups in total. The number of rotatable bonds is 4. The van der Waals surface area contributed by atoms with Crippen LogP contribution >= 0.6 is 11.6 Å². The average molecular weight is 328 g/mol. The minimum atomic E-state index is -3.61. The van der Waals surface area contributed by atoms with Gasteiger partial charge in [-0.15, -0.1) is 0 Å². The third-order valence-electron chi connectivity index (χ3n) is 3.77. The molecule has 0 radical (unpaired) electrons. The molecule has 21 heavy (non-hydrogen) atoms. The fraction of sp³-hybridized carbons (Fsp3) is 0.467. The normalized spacial score (nSPS) is 19.7. The first kappa shape index (κ1) is 16.3. The summed E-state index contributed by atoms with van der Waals surface area (Å²) >= 11 is 6.03. The third kappa shape index (κ3) is 3.98. The van der Waals surface area contributed by atoms with E-state index in [9.17, 15) is 8.42 Å². The van der Waals surface area contributed by atoms with Gasteiger partial charge in [0.1, 0.15) is 11.5 Å². The number of nitrogens with one attached hydrogen (secondary N) is 1. The summed E-state index contributed by atoms with van der Waals surface area (Å²) in [5, 5.41) is 8.77. The standard InChI is InChI=1S/C15H18ClNO3S/c1-15(2)9-12(15)10-17-21(19,20)14-6-5-11(4-3-7-18)8-13(14)16/h5-6,8,12,17-18H,7,9-10H2,1-2H3. The molecule has 1 atom stereocenters. The number of hydrogen-bond acceptors (Lipinski definition) is 3. The van der Waals surface area contributed by atoms with E-state index in [1.165, 1.54) is 12.1 Å². The van der Waals surface area contributed by atoms with Gasteiger partial charge < -0.3 is 5.11 Å². The minimum absolute atomic E-state index is 0.0529.